The Bertz CT molecular complexity index is 1170. The van der Waals surface area contributed by atoms with Crippen LogP contribution in [0.3, 0.4) is 0 Å². The molecule has 0 radical (unpaired) electrons. The van der Waals surface area contributed by atoms with E-state index < -0.39 is 10.5 Å². The Hall–Kier alpha value is -3.94. The Morgan fingerprint density at radius 1 is 1.03 bits per heavy atom. The molecule has 0 aliphatic carbocycles. The van der Waals surface area contributed by atoms with Gasteiger partial charge in [0.15, 0.2) is 0 Å². The number of carbonyl (C=O) groups is 1. The molecular weight excluding hydrogens is 396 g/mol. The van der Waals surface area contributed by atoms with Gasteiger partial charge in [-0.15, -0.1) is 0 Å². The van der Waals surface area contributed by atoms with Crippen molar-refractivity contribution in [2.24, 2.45) is 0 Å². The molecule has 1 aliphatic rings. The molecule has 31 heavy (non-hydrogen) atoms. The second-order valence-corrected chi connectivity index (χ2v) is 7.50. The van der Waals surface area contributed by atoms with Crippen LogP contribution in [0, 0.1) is 10.1 Å². The van der Waals surface area contributed by atoms with Crippen molar-refractivity contribution in [3.8, 4) is 0 Å². The van der Waals surface area contributed by atoms with Gasteiger partial charge in [0.05, 0.1) is 11.1 Å². The van der Waals surface area contributed by atoms with Gasteiger partial charge in [0.2, 0.25) is 5.91 Å². The lowest BCUT2D eigenvalue weighted by Gasteiger charge is -2.19. The van der Waals surface area contributed by atoms with Gasteiger partial charge in [0, 0.05) is 37.5 Å². The molecule has 1 amide bonds. The number of nitro groups is 1. The van der Waals surface area contributed by atoms with E-state index in [0.717, 1.165) is 48.0 Å². The van der Waals surface area contributed by atoms with E-state index in [2.05, 4.69) is 34.5 Å². The zero-order chi connectivity index (χ0) is 21.8. The summed E-state index contributed by atoms with van der Waals surface area (Å²) in [6.07, 6.45) is 2.14. The molecular formula is C23H22N4O4. The van der Waals surface area contributed by atoms with Gasteiger partial charge in [0.1, 0.15) is 6.54 Å². The third kappa shape index (κ3) is 4.80. The molecule has 1 N–H and O–H groups in total. The number of hydrogen-bond acceptors (Lipinski definition) is 5. The van der Waals surface area contributed by atoms with E-state index >= 15 is 0 Å². The largest absolute Gasteiger partial charge is 0.367 e. The zero-order valence-corrected chi connectivity index (χ0v) is 16.9. The normalized spacial score (nSPS) is 12.5. The Morgan fingerprint density at radius 2 is 1.77 bits per heavy atom. The Kier molecular flexibility index (Phi) is 5.79. The van der Waals surface area contributed by atoms with Crippen LogP contribution in [0.1, 0.15) is 16.7 Å². The lowest BCUT2D eigenvalue weighted by atomic mass is 10.1. The van der Waals surface area contributed by atoms with Gasteiger partial charge in [-0.1, -0.05) is 42.5 Å². The number of pyridine rings is 1. The minimum absolute atomic E-state index is 0.233. The highest BCUT2D eigenvalue weighted by Gasteiger charge is 2.18. The maximum atomic E-state index is 12.2. The predicted molar refractivity (Wildman–Crippen MR) is 117 cm³/mol. The van der Waals surface area contributed by atoms with Crippen molar-refractivity contribution in [1.29, 1.82) is 0 Å². The van der Waals surface area contributed by atoms with E-state index in [1.165, 1.54) is 16.8 Å². The number of hydrogen-bond donors (Lipinski definition) is 1. The molecule has 1 aromatic heterocycles. The molecule has 8 heteroatoms. The van der Waals surface area contributed by atoms with Crippen LogP contribution in [0.2, 0.25) is 0 Å². The van der Waals surface area contributed by atoms with Crippen LogP contribution in [0.25, 0.3) is 0 Å². The maximum Gasteiger partial charge on any atom is 0.285 e. The van der Waals surface area contributed by atoms with Gasteiger partial charge in [-0.3, -0.25) is 24.3 Å². The molecule has 0 saturated heterocycles. The number of nitrogens with zero attached hydrogens (tertiary/aromatic N) is 3. The first-order valence-electron chi connectivity index (χ1n) is 10.0. The molecule has 0 saturated carbocycles. The SMILES string of the molecule is O=C(Cn1cc([N+](=O)[O-])ccc1=O)NCc1ccc(CN2CCc3ccccc32)cc1. The number of nitrogens with one attached hydrogen (secondary N) is 1. The average molecular weight is 418 g/mol. The second kappa shape index (κ2) is 8.83. The number of fused-ring (bicyclic) bond motifs is 1. The van der Waals surface area contributed by atoms with Crippen molar-refractivity contribution in [2.75, 3.05) is 11.4 Å². The molecule has 4 rings (SSSR count). The quantitative estimate of drug-likeness (QED) is 0.470. The second-order valence-electron chi connectivity index (χ2n) is 7.50. The first kappa shape index (κ1) is 20.3. The molecule has 2 heterocycles. The molecule has 0 bridgehead atoms. The predicted octanol–water partition coefficient (Wildman–Crippen LogP) is 2.64. The molecule has 2 aromatic carbocycles. The number of rotatable bonds is 7. The molecule has 3 aromatic rings. The highest BCUT2D eigenvalue weighted by Crippen LogP contribution is 2.28. The Morgan fingerprint density at radius 3 is 2.55 bits per heavy atom. The van der Waals surface area contributed by atoms with Gasteiger partial charge in [-0.2, -0.15) is 0 Å². The molecule has 0 spiro atoms. The smallest absolute Gasteiger partial charge is 0.285 e. The van der Waals surface area contributed by atoms with Gasteiger partial charge in [0.25, 0.3) is 11.2 Å². The number of benzene rings is 2. The maximum absolute atomic E-state index is 12.2. The molecule has 0 atom stereocenters. The van der Waals surface area contributed by atoms with Crippen LogP contribution in [0.15, 0.2) is 71.7 Å². The summed E-state index contributed by atoms with van der Waals surface area (Å²) in [4.78, 5) is 36.6. The summed E-state index contributed by atoms with van der Waals surface area (Å²) < 4.78 is 1.03. The van der Waals surface area contributed by atoms with Crippen molar-refractivity contribution in [3.05, 3.63) is 104 Å². The average Bonchev–Trinajstić information content (AvgIpc) is 3.17. The molecule has 0 fully saturated rings. The number of aromatic nitrogens is 1. The summed E-state index contributed by atoms with van der Waals surface area (Å²) in [7, 11) is 0. The first-order valence-corrected chi connectivity index (χ1v) is 10.0. The molecule has 0 unspecified atom stereocenters. The van der Waals surface area contributed by atoms with Gasteiger partial charge < -0.3 is 10.2 Å². The van der Waals surface area contributed by atoms with Crippen molar-refractivity contribution in [3.63, 3.8) is 0 Å². The van der Waals surface area contributed by atoms with Crippen LogP contribution in [-0.2, 0) is 30.8 Å². The third-order valence-electron chi connectivity index (χ3n) is 5.36. The van der Waals surface area contributed by atoms with Gasteiger partial charge in [-0.25, -0.2) is 0 Å². The van der Waals surface area contributed by atoms with Crippen molar-refractivity contribution < 1.29 is 9.72 Å². The molecule has 1 aliphatic heterocycles. The van der Waals surface area contributed by atoms with Crippen LogP contribution >= 0.6 is 0 Å². The summed E-state index contributed by atoms with van der Waals surface area (Å²) >= 11 is 0. The summed E-state index contributed by atoms with van der Waals surface area (Å²) in [5.74, 6) is -0.389. The minimum Gasteiger partial charge on any atom is -0.367 e. The first-order chi connectivity index (χ1) is 15.0. The fourth-order valence-electron chi connectivity index (χ4n) is 3.72. The number of carbonyl (C=O) groups excluding carboxylic acids is 1. The topological polar surface area (TPSA) is 97.5 Å². The monoisotopic (exact) mass is 418 g/mol. The van der Waals surface area contributed by atoms with Crippen molar-refractivity contribution in [2.45, 2.75) is 26.1 Å². The van der Waals surface area contributed by atoms with E-state index in [1.807, 2.05) is 24.3 Å². The fourth-order valence-corrected chi connectivity index (χ4v) is 3.72. The highest BCUT2D eigenvalue weighted by molar-refractivity contribution is 5.75. The van der Waals surface area contributed by atoms with Crippen LogP contribution in [-0.4, -0.2) is 21.9 Å². The standard InChI is InChI=1S/C23H22N4O4/c28-22(16-26-15-20(27(30)31)9-10-23(26)29)24-13-17-5-7-18(8-6-17)14-25-12-11-19-3-1-2-4-21(19)25/h1-10,15H,11-14,16H2,(H,24,28). The van der Waals surface area contributed by atoms with Crippen molar-refractivity contribution in [1.82, 2.24) is 9.88 Å². The summed E-state index contributed by atoms with van der Waals surface area (Å²) in [6.45, 7) is 1.88. The van der Waals surface area contributed by atoms with Crippen molar-refractivity contribution >= 4 is 17.3 Å². The number of amides is 1. The summed E-state index contributed by atoms with van der Waals surface area (Å²) in [6, 6.07) is 18.7. The van der Waals surface area contributed by atoms with Gasteiger partial charge in [-0.05, 0) is 29.2 Å². The van der Waals surface area contributed by atoms with E-state index in [9.17, 15) is 19.7 Å². The zero-order valence-electron chi connectivity index (χ0n) is 16.9. The van der Waals surface area contributed by atoms with E-state index in [1.54, 1.807) is 0 Å². The number of para-hydroxylation sites is 1. The lowest BCUT2D eigenvalue weighted by Crippen LogP contribution is -2.31. The highest BCUT2D eigenvalue weighted by atomic mass is 16.6. The molecule has 8 nitrogen and oxygen atoms in total. The van der Waals surface area contributed by atoms with Gasteiger partial charge >= 0.3 is 0 Å². The van der Waals surface area contributed by atoms with E-state index in [-0.39, 0.29) is 18.1 Å². The lowest BCUT2D eigenvalue weighted by molar-refractivity contribution is -0.385. The summed E-state index contributed by atoms with van der Waals surface area (Å²) in [5.41, 5.74) is 4.09. The van der Waals surface area contributed by atoms with Crippen LogP contribution < -0.4 is 15.8 Å². The van der Waals surface area contributed by atoms with Crippen LogP contribution in [0.5, 0.6) is 0 Å². The third-order valence-corrected chi connectivity index (χ3v) is 5.36. The minimum atomic E-state index is -0.601. The number of anilines is 1. The molecule has 158 valence electrons. The van der Waals surface area contributed by atoms with E-state index in [4.69, 9.17) is 0 Å². The van der Waals surface area contributed by atoms with E-state index in [0.29, 0.717) is 6.54 Å². The Balaban J connectivity index is 1.32. The Labute approximate surface area is 178 Å². The van der Waals surface area contributed by atoms with Crippen LogP contribution in [0.4, 0.5) is 11.4 Å². The summed E-state index contributed by atoms with van der Waals surface area (Å²) in [5, 5.41) is 13.6. The fraction of sp³-hybridized carbons (Fsp3) is 0.217.